The number of aldehydes is 1. The van der Waals surface area contributed by atoms with Crippen LogP contribution in [-0.4, -0.2) is 88.2 Å². The van der Waals surface area contributed by atoms with Gasteiger partial charge in [-0.05, 0) is 43.5 Å². The molecule has 0 atom stereocenters. The molecule has 4 aromatic heterocycles. The average molecular weight is 635 g/mol. The Morgan fingerprint density at radius 1 is 0.936 bits per heavy atom. The van der Waals surface area contributed by atoms with Crippen molar-refractivity contribution in [2.75, 3.05) is 61.1 Å². The van der Waals surface area contributed by atoms with Gasteiger partial charge in [-0.3, -0.25) is 24.3 Å². The zero-order valence-corrected chi connectivity index (χ0v) is 26.5. The third-order valence-corrected chi connectivity index (χ3v) is 10.1. The molecule has 8 rings (SSSR count). The predicted octanol–water partition coefficient (Wildman–Crippen LogP) is 3.26. The molecule has 0 spiro atoms. The molecule has 47 heavy (non-hydrogen) atoms. The fraction of sp³-hybridized carbons (Fsp3) is 0.400. The molecule has 0 unspecified atom stereocenters. The van der Waals surface area contributed by atoms with Gasteiger partial charge in [0.15, 0.2) is 6.29 Å². The second kappa shape index (κ2) is 12.1. The van der Waals surface area contributed by atoms with E-state index in [-0.39, 0.29) is 11.5 Å². The van der Waals surface area contributed by atoms with Crippen molar-refractivity contribution in [1.29, 1.82) is 0 Å². The number of aromatic nitrogens is 4. The van der Waals surface area contributed by atoms with Gasteiger partial charge in [-0.15, -0.1) is 0 Å². The summed E-state index contributed by atoms with van der Waals surface area (Å²) in [6.07, 6.45) is 11.4. The number of nitrogens with zero attached hydrogens (tertiary/aromatic N) is 7. The van der Waals surface area contributed by atoms with Crippen molar-refractivity contribution in [2.45, 2.75) is 38.3 Å². The molecule has 1 amide bonds. The monoisotopic (exact) mass is 634 g/mol. The Morgan fingerprint density at radius 3 is 2.53 bits per heavy atom. The Kier molecular flexibility index (Phi) is 7.61. The van der Waals surface area contributed by atoms with E-state index in [4.69, 9.17) is 4.74 Å². The molecule has 0 aliphatic carbocycles. The highest BCUT2D eigenvalue weighted by Crippen LogP contribution is 2.35. The van der Waals surface area contributed by atoms with Gasteiger partial charge in [-0.1, -0.05) is 0 Å². The summed E-state index contributed by atoms with van der Waals surface area (Å²) >= 11 is 0. The minimum atomic E-state index is -0.232. The molecule has 2 saturated heterocycles. The largest absolute Gasteiger partial charge is 0.378 e. The second-order valence-electron chi connectivity index (χ2n) is 12.8. The molecule has 4 aliphatic heterocycles. The predicted molar refractivity (Wildman–Crippen MR) is 179 cm³/mol. The summed E-state index contributed by atoms with van der Waals surface area (Å²) in [5.74, 6) is 0.433. The van der Waals surface area contributed by atoms with Crippen molar-refractivity contribution >= 4 is 35.1 Å². The number of nitrogens with one attached hydrogen (secondary N) is 1. The summed E-state index contributed by atoms with van der Waals surface area (Å²) in [6, 6.07) is 8.19. The maximum absolute atomic E-state index is 13.8. The molecular weight excluding hydrogens is 596 g/mol. The molecule has 12 nitrogen and oxygen atoms in total. The van der Waals surface area contributed by atoms with Crippen LogP contribution in [0, 0.1) is 0 Å². The van der Waals surface area contributed by atoms with Crippen LogP contribution in [0.1, 0.15) is 44.9 Å². The SMILES string of the molecule is Cn1cc(-c2cncc(N3CCc4c(cc5n4CCCC5)C3=O)c2C=O)cc(Nc2ccc(N3CCN(C4COC4)CC3)cn2)c1=O. The number of amides is 1. The van der Waals surface area contributed by atoms with Crippen molar-refractivity contribution < 1.29 is 14.3 Å². The van der Waals surface area contributed by atoms with Gasteiger partial charge in [0, 0.05) is 93.2 Å². The Morgan fingerprint density at radius 2 is 1.79 bits per heavy atom. The number of fused-ring (bicyclic) bond motifs is 3. The molecule has 0 saturated carbocycles. The highest BCUT2D eigenvalue weighted by Gasteiger charge is 2.33. The van der Waals surface area contributed by atoms with Gasteiger partial charge in [0.25, 0.3) is 11.5 Å². The van der Waals surface area contributed by atoms with Crippen LogP contribution < -0.4 is 20.7 Å². The number of carbonyl (C=O) groups excluding carboxylic acids is 2. The van der Waals surface area contributed by atoms with E-state index in [9.17, 15) is 14.4 Å². The Labute approximate surface area is 272 Å². The van der Waals surface area contributed by atoms with Crippen LogP contribution >= 0.6 is 0 Å². The number of ether oxygens (including phenoxy) is 1. The third-order valence-electron chi connectivity index (χ3n) is 10.1. The van der Waals surface area contributed by atoms with Gasteiger partial charge in [0.1, 0.15) is 11.5 Å². The van der Waals surface area contributed by atoms with E-state index >= 15 is 0 Å². The zero-order valence-electron chi connectivity index (χ0n) is 26.5. The van der Waals surface area contributed by atoms with Crippen LogP contribution in [0.5, 0.6) is 0 Å². The topological polar surface area (TPSA) is 118 Å². The van der Waals surface area contributed by atoms with E-state index in [0.717, 1.165) is 89.3 Å². The number of anilines is 4. The second-order valence-corrected chi connectivity index (χ2v) is 12.8. The number of carbonyl (C=O) groups is 2. The Balaban J connectivity index is 1.04. The minimum absolute atomic E-state index is 0.109. The molecule has 0 aromatic carbocycles. The van der Waals surface area contributed by atoms with Gasteiger partial charge >= 0.3 is 0 Å². The summed E-state index contributed by atoms with van der Waals surface area (Å²) in [6.45, 7) is 6.93. The lowest BCUT2D eigenvalue weighted by Crippen LogP contribution is -2.56. The molecule has 4 aromatic rings. The fourth-order valence-electron chi connectivity index (χ4n) is 7.40. The van der Waals surface area contributed by atoms with Crippen molar-refractivity contribution in [3.8, 4) is 11.1 Å². The minimum Gasteiger partial charge on any atom is -0.378 e. The molecule has 12 heteroatoms. The first-order chi connectivity index (χ1) is 23.0. The van der Waals surface area contributed by atoms with Crippen LogP contribution in [0.25, 0.3) is 11.1 Å². The summed E-state index contributed by atoms with van der Waals surface area (Å²) in [7, 11) is 1.67. The molecule has 4 aliphatic rings. The van der Waals surface area contributed by atoms with Crippen LogP contribution in [0.2, 0.25) is 0 Å². The number of hydrogen-bond donors (Lipinski definition) is 1. The van der Waals surface area contributed by atoms with E-state index in [2.05, 4.69) is 29.7 Å². The summed E-state index contributed by atoms with van der Waals surface area (Å²) in [5, 5.41) is 3.19. The number of piperazine rings is 1. The lowest BCUT2D eigenvalue weighted by Gasteiger charge is -2.43. The van der Waals surface area contributed by atoms with Gasteiger partial charge in [-0.25, -0.2) is 4.98 Å². The van der Waals surface area contributed by atoms with Crippen LogP contribution in [0.3, 0.4) is 0 Å². The molecule has 0 bridgehead atoms. The number of pyridine rings is 3. The Bertz CT molecular complexity index is 1900. The summed E-state index contributed by atoms with van der Waals surface area (Å²) in [5.41, 5.74) is 6.15. The maximum atomic E-state index is 13.8. The van der Waals surface area contributed by atoms with Crippen LogP contribution in [-0.2, 0) is 31.2 Å². The van der Waals surface area contributed by atoms with Crippen molar-refractivity contribution in [3.05, 3.63) is 81.9 Å². The quantitative estimate of drug-likeness (QED) is 0.306. The summed E-state index contributed by atoms with van der Waals surface area (Å²) in [4.78, 5) is 55.2. The zero-order chi connectivity index (χ0) is 32.1. The molecule has 242 valence electrons. The highest BCUT2D eigenvalue weighted by atomic mass is 16.5. The standard InChI is InChI=1S/C35H38N8O4/c1-39-19-23(14-30(35(39)46)38-33-6-5-25(16-37-33)40-10-12-41(13-11-40)26-21-47-22-26)28-17-36-18-32(29(28)20-44)43-9-7-31-27(34(43)45)15-24-4-2-3-8-42(24)31/h5-6,14-20,26H,2-4,7-13,21-22H2,1H3,(H,37,38). The molecular formula is C35H38N8O4. The molecule has 8 heterocycles. The lowest BCUT2D eigenvalue weighted by atomic mass is 10.00. The maximum Gasteiger partial charge on any atom is 0.274 e. The van der Waals surface area contributed by atoms with E-state index < -0.39 is 0 Å². The Hall–Kier alpha value is -4.81. The average Bonchev–Trinajstić information content (AvgIpc) is 3.46. The van der Waals surface area contributed by atoms with Gasteiger partial charge in [0.2, 0.25) is 0 Å². The number of aryl methyl sites for hydroxylation is 2. The number of rotatable bonds is 7. The first-order valence-corrected chi connectivity index (χ1v) is 16.5. The van der Waals surface area contributed by atoms with Crippen molar-refractivity contribution in [3.63, 3.8) is 0 Å². The van der Waals surface area contributed by atoms with E-state index in [0.29, 0.717) is 52.0 Å². The lowest BCUT2D eigenvalue weighted by molar-refractivity contribution is -0.0660. The van der Waals surface area contributed by atoms with Crippen LogP contribution in [0.4, 0.5) is 22.9 Å². The first-order valence-electron chi connectivity index (χ1n) is 16.5. The smallest absolute Gasteiger partial charge is 0.274 e. The molecule has 2 fully saturated rings. The van der Waals surface area contributed by atoms with Gasteiger partial charge in [-0.2, -0.15) is 0 Å². The van der Waals surface area contributed by atoms with E-state index in [1.54, 1.807) is 36.6 Å². The van der Waals surface area contributed by atoms with E-state index in [1.165, 1.54) is 10.3 Å². The van der Waals surface area contributed by atoms with Gasteiger partial charge in [0.05, 0.1) is 48.6 Å². The fourth-order valence-corrected chi connectivity index (χ4v) is 7.40. The number of hydrogen-bond acceptors (Lipinski definition) is 9. The van der Waals surface area contributed by atoms with E-state index in [1.807, 2.05) is 24.4 Å². The van der Waals surface area contributed by atoms with Crippen molar-refractivity contribution in [1.82, 2.24) is 24.0 Å². The third kappa shape index (κ3) is 5.31. The first kappa shape index (κ1) is 29.6. The normalized spacial score (nSPS) is 18.4. The van der Waals surface area contributed by atoms with Crippen LogP contribution in [0.15, 0.2) is 53.8 Å². The summed E-state index contributed by atoms with van der Waals surface area (Å²) < 4.78 is 9.13. The molecule has 1 N–H and O–H groups in total. The van der Waals surface area contributed by atoms with Gasteiger partial charge < -0.3 is 29.0 Å². The van der Waals surface area contributed by atoms with Crippen molar-refractivity contribution in [2.24, 2.45) is 7.05 Å². The molecule has 0 radical (unpaired) electrons. The highest BCUT2D eigenvalue weighted by molar-refractivity contribution is 6.11.